The Morgan fingerprint density at radius 3 is 2.63 bits per heavy atom. The predicted molar refractivity (Wildman–Crippen MR) is 128 cm³/mol. The quantitative estimate of drug-likeness (QED) is 0.358. The Morgan fingerprint density at radius 2 is 1.86 bits per heavy atom. The van der Waals surface area contributed by atoms with E-state index in [0.717, 1.165) is 36.1 Å². The third-order valence-corrected chi connectivity index (χ3v) is 6.22. The molecule has 9 nitrogen and oxygen atoms in total. The molecule has 0 N–H and O–H groups in total. The first kappa shape index (κ1) is 22.6. The van der Waals surface area contributed by atoms with E-state index < -0.39 is 5.76 Å². The van der Waals surface area contributed by atoms with Gasteiger partial charge in [0.1, 0.15) is 29.3 Å². The molecule has 0 aliphatic heterocycles. The molecule has 2 heterocycles. The number of ether oxygens (including phenoxy) is 2. The summed E-state index contributed by atoms with van der Waals surface area (Å²) in [5.41, 5.74) is 3.05. The number of aromatic nitrogens is 4. The van der Waals surface area contributed by atoms with E-state index in [-0.39, 0.29) is 12.2 Å². The highest BCUT2D eigenvalue weighted by atomic mass is 16.5. The normalized spacial score (nSPS) is 17.7. The van der Waals surface area contributed by atoms with Crippen LogP contribution < -0.4 is 10.5 Å². The molecule has 0 radical (unpaired) electrons. The number of carbonyl (C=O) groups excluding carboxylic acids is 1. The largest absolute Gasteiger partial charge is 0.490 e. The van der Waals surface area contributed by atoms with Crippen LogP contribution in [-0.2, 0) is 23.1 Å². The summed E-state index contributed by atoms with van der Waals surface area (Å²) in [6, 6.07) is 17.3. The Kier molecular flexibility index (Phi) is 6.47. The molecule has 2 aromatic carbocycles. The number of rotatable bonds is 8. The summed E-state index contributed by atoms with van der Waals surface area (Å²) >= 11 is 0. The van der Waals surface area contributed by atoms with Gasteiger partial charge >= 0.3 is 5.76 Å². The Bertz CT molecular complexity index is 1340. The first-order chi connectivity index (χ1) is 17.1. The van der Waals surface area contributed by atoms with Crippen molar-refractivity contribution in [3.8, 4) is 28.5 Å². The third kappa shape index (κ3) is 5.03. The number of hydrogen-bond acceptors (Lipinski definition) is 7. The van der Waals surface area contributed by atoms with Gasteiger partial charge in [-0.25, -0.2) is 9.48 Å². The lowest BCUT2D eigenvalue weighted by molar-refractivity contribution is -0.136. The molecule has 0 spiro atoms. The van der Waals surface area contributed by atoms with Gasteiger partial charge in [-0.1, -0.05) is 35.5 Å². The van der Waals surface area contributed by atoms with Gasteiger partial charge in [0.15, 0.2) is 5.76 Å². The maximum Gasteiger partial charge on any atom is 0.419 e. The summed E-state index contributed by atoms with van der Waals surface area (Å²) < 4.78 is 19.9. The highest BCUT2D eigenvalue weighted by Gasteiger charge is 2.25. The predicted octanol–water partition coefficient (Wildman–Crippen LogP) is 3.82. The minimum atomic E-state index is -0.441. The number of benzene rings is 2. The minimum absolute atomic E-state index is 0.00489. The Hall–Kier alpha value is -4.14. The van der Waals surface area contributed by atoms with Crippen molar-refractivity contribution < 1.29 is 18.7 Å². The van der Waals surface area contributed by atoms with E-state index in [4.69, 9.17) is 13.9 Å². The van der Waals surface area contributed by atoms with Crippen molar-refractivity contribution in [2.45, 2.75) is 44.4 Å². The van der Waals surface area contributed by atoms with Crippen LogP contribution in [0.15, 0.2) is 70.0 Å². The van der Waals surface area contributed by atoms with Crippen LogP contribution in [0.4, 0.5) is 0 Å². The average Bonchev–Trinajstić information content (AvgIpc) is 3.42. The van der Waals surface area contributed by atoms with E-state index in [1.807, 2.05) is 54.6 Å². The van der Waals surface area contributed by atoms with E-state index in [9.17, 15) is 9.59 Å². The molecule has 35 heavy (non-hydrogen) atoms. The topological polar surface area (TPSA) is 101 Å². The van der Waals surface area contributed by atoms with Gasteiger partial charge in [-0.15, -0.1) is 5.10 Å². The van der Waals surface area contributed by atoms with Crippen molar-refractivity contribution in [1.82, 2.24) is 19.6 Å². The van der Waals surface area contributed by atoms with Crippen molar-refractivity contribution in [3.63, 3.8) is 0 Å². The Balaban J connectivity index is 1.35. The van der Waals surface area contributed by atoms with Gasteiger partial charge in [0.05, 0.1) is 12.7 Å². The van der Waals surface area contributed by atoms with Crippen LogP contribution in [0.5, 0.6) is 5.75 Å². The summed E-state index contributed by atoms with van der Waals surface area (Å²) in [7, 11) is 1.76. The monoisotopic (exact) mass is 474 g/mol. The molecule has 2 aromatic heterocycles. The number of nitrogens with zero attached hydrogens (tertiary/aromatic N) is 4. The van der Waals surface area contributed by atoms with Crippen LogP contribution in [0.25, 0.3) is 22.7 Å². The fourth-order valence-electron chi connectivity index (χ4n) is 4.50. The second-order valence-electron chi connectivity index (χ2n) is 8.67. The van der Waals surface area contributed by atoms with Gasteiger partial charge in [0.25, 0.3) is 6.47 Å². The van der Waals surface area contributed by atoms with Crippen molar-refractivity contribution in [2.24, 2.45) is 7.05 Å². The summed E-state index contributed by atoms with van der Waals surface area (Å²) in [4.78, 5) is 23.1. The first-order valence-electron chi connectivity index (χ1n) is 11.6. The van der Waals surface area contributed by atoms with Crippen molar-refractivity contribution in [2.75, 3.05) is 0 Å². The summed E-state index contributed by atoms with van der Waals surface area (Å²) in [5, 5.41) is 8.47. The van der Waals surface area contributed by atoms with Crippen molar-refractivity contribution in [1.29, 1.82) is 0 Å². The standard InChI is InChI=1S/C26H26N4O5/c1-29-25(23-16-30(26(32)35-23)15-18-6-3-2-4-7-18)24(27-28-29)19-10-12-20(13-11-19)34-22-9-5-8-21(14-22)33-17-31/h2-4,6-7,10-13,16-17,21-22H,5,8-9,14-15H2,1H3/t21-,22-/m0/s1. The smallest absolute Gasteiger partial charge is 0.419 e. The number of oxazole rings is 1. The van der Waals surface area contributed by atoms with Crippen LogP contribution in [0.3, 0.4) is 0 Å². The van der Waals surface area contributed by atoms with Crippen LogP contribution in [0, 0.1) is 0 Å². The lowest BCUT2D eigenvalue weighted by Crippen LogP contribution is -2.29. The van der Waals surface area contributed by atoms with Crippen molar-refractivity contribution >= 4 is 6.47 Å². The molecule has 5 rings (SSSR count). The van der Waals surface area contributed by atoms with Gasteiger partial charge in [-0.05, 0) is 49.1 Å². The minimum Gasteiger partial charge on any atom is -0.490 e. The first-order valence-corrected chi connectivity index (χ1v) is 11.6. The number of hydrogen-bond donors (Lipinski definition) is 0. The SMILES string of the molecule is Cn1nnc(-c2ccc(O[C@H]3CCC[C@H](OC=O)C3)cc2)c1-c1cn(Cc2ccccc2)c(=O)o1. The van der Waals surface area contributed by atoms with Crippen LogP contribution in [0.2, 0.25) is 0 Å². The molecule has 2 atom stereocenters. The Labute approximate surface area is 201 Å². The second kappa shape index (κ2) is 10.0. The molecule has 0 amide bonds. The van der Waals surface area contributed by atoms with E-state index in [0.29, 0.717) is 36.6 Å². The lowest BCUT2D eigenvalue weighted by atomic mass is 9.95. The number of aryl methyl sites for hydroxylation is 1. The maximum atomic E-state index is 12.5. The van der Waals surface area contributed by atoms with Crippen LogP contribution in [0.1, 0.15) is 31.2 Å². The van der Waals surface area contributed by atoms with E-state index in [1.54, 1.807) is 17.9 Å². The number of carbonyl (C=O) groups is 1. The molecule has 9 heteroatoms. The molecule has 1 fully saturated rings. The lowest BCUT2D eigenvalue weighted by Gasteiger charge is -2.28. The van der Waals surface area contributed by atoms with E-state index in [2.05, 4.69) is 10.3 Å². The van der Waals surface area contributed by atoms with Gasteiger partial charge in [0, 0.05) is 19.0 Å². The van der Waals surface area contributed by atoms with E-state index in [1.165, 1.54) is 4.57 Å². The summed E-state index contributed by atoms with van der Waals surface area (Å²) in [5.74, 6) is 0.692. The average molecular weight is 475 g/mol. The third-order valence-electron chi connectivity index (χ3n) is 6.22. The van der Waals surface area contributed by atoms with Gasteiger partial charge in [-0.3, -0.25) is 9.36 Å². The van der Waals surface area contributed by atoms with Gasteiger partial charge < -0.3 is 13.9 Å². The zero-order valence-corrected chi connectivity index (χ0v) is 19.4. The molecule has 0 bridgehead atoms. The molecule has 0 saturated heterocycles. The molecule has 1 aliphatic rings. The van der Waals surface area contributed by atoms with Crippen LogP contribution in [-0.4, -0.2) is 38.2 Å². The highest BCUT2D eigenvalue weighted by Crippen LogP contribution is 2.31. The maximum absolute atomic E-state index is 12.5. The molecule has 0 unspecified atom stereocenters. The summed E-state index contributed by atoms with van der Waals surface area (Å²) in [6.45, 7) is 0.925. The molecule has 1 aliphatic carbocycles. The Morgan fingerprint density at radius 1 is 1.09 bits per heavy atom. The van der Waals surface area contributed by atoms with Gasteiger partial charge in [-0.2, -0.15) is 0 Å². The molecule has 4 aromatic rings. The second-order valence-corrected chi connectivity index (χ2v) is 8.67. The van der Waals surface area contributed by atoms with Crippen LogP contribution >= 0.6 is 0 Å². The summed E-state index contributed by atoms with van der Waals surface area (Å²) in [6.07, 6.45) is 5.05. The molecule has 180 valence electrons. The highest BCUT2D eigenvalue weighted by molar-refractivity contribution is 5.75. The molecule has 1 saturated carbocycles. The molecular formula is C26H26N4O5. The zero-order chi connectivity index (χ0) is 24.2. The van der Waals surface area contributed by atoms with Crippen molar-refractivity contribution in [3.05, 3.63) is 76.9 Å². The van der Waals surface area contributed by atoms with Gasteiger partial charge in [0.2, 0.25) is 0 Å². The molecular weight excluding hydrogens is 448 g/mol. The fraction of sp³-hybridized carbons (Fsp3) is 0.308. The fourth-order valence-corrected chi connectivity index (χ4v) is 4.50. The zero-order valence-electron chi connectivity index (χ0n) is 19.4. The van der Waals surface area contributed by atoms with E-state index >= 15 is 0 Å².